The third kappa shape index (κ3) is 5.15. The SMILES string of the molecule is COc1ccnc(NNC(=O)c2cccc(OCc3ccc(F)cc3)c2)n1. The van der Waals surface area contributed by atoms with Crippen LogP contribution in [-0.2, 0) is 6.61 Å². The molecular formula is C19H17FN4O3. The molecule has 1 heterocycles. The summed E-state index contributed by atoms with van der Waals surface area (Å²) in [6, 6.07) is 14.3. The summed E-state index contributed by atoms with van der Waals surface area (Å²) in [5, 5.41) is 0. The molecule has 3 aromatic rings. The highest BCUT2D eigenvalue weighted by atomic mass is 19.1. The van der Waals surface area contributed by atoms with E-state index in [1.54, 1.807) is 42.5 Å². The zero-order valence-electron chi connectivity index (χ0n) is 14.5. The summed E-state index contributed by atoms with van der Waals surface area (Å²) in [6.07, 6.45) is 1.50. The lowest BCUT2D eigenvalue weighted by molar-refractivity contribution is 0.0961. The second-order valence-electron chi connectivity index (χ2n) is 5.44. The minimum absolute atomic E-state index is 0.200. The lowest BCUT2D eigenvalue weighted by Crippen LogP contribution is -2.30. The third-order valence-electron chi connectivity index (χ3n) is 3.54. The first-order chi connectivity index (χ1) is 13.1. The van der Waals surface area contributed by atoms with Crippen LogP contribution in [0.15, 0.2) is 60.8 Å². The largest absolute Gasteiger partial charge is 0.489 e. The summed E-state index contributed by atoms with van der Waals surface area (Å²) >= 11 is 0. The van der Waals surface area contributed by atoms with Crippen molar-refractivity contribution in [1.82, 2.24) is 15.4 Å². The molecule has 27 heavy (non-hydrogen) atoms. The molecule has 0 fully saturated rings. The van der Waals surface area contributed by atoms with Crippen LogP contribution in [0.3, 0.4) is 0 Å². The van der Waals surface area contributed by atoms with Gasteiger partial charge in [0.2, 0.25) is 11.8 Å². The Morgan fingerprint density at radius 3 is 2.74 bits per heavy atom. The van der Waals surface area contributed by atoms with Crippen molar-refractivity contribution in [1.29, 1.82) is 0 Å². The Kier molecular flexibility index (Phi) is 5.78. The van der Waals surface area contributed by atoms with E-state index in [0.717, 1.165) is 5.56 Å². The Morgan fingerprint density at radius 2 is 1.96 bits per heavy atom. The fraction of sp³-hybridized carbons (Fsp3) is 0.105. The highest BCUT2D eigenvalue weighted by Gasteiger charge is 2.08. The summed E-state index contributed by atoms with van der Waals surface area (Å²) < 4.78 is 23.6. The van der Waals surface area contributed by atoms with E-state index in [-0.39, 0.29) is 24.3 Å². The van der Waals surface area contributed by atoms with Crippen LogP contribution in [0.4, 0.5) is 10.3 Å². The number of carbonyl (C=O) groups excluding carboxylic acids is 1. The average molecular weight is 368 g/mol. The molecule has 8 heteroatoms. The van der Waals surface area contributed by atoms with Gasteiger partial charge in [0.1, 0.15) is 18.2 Å². The summed E-state index contributed by atoms with van der Waals surface area (Å²) in [4.78, 5) is 20.3. The van der Waals surface area contributed by atoms with Crippen LogP contribution in [0, 0.1) is 5.82 Å². The average Bonchev–Trinajstić information content (AvgIpc) is 2.72. The van der Waals surface area contributed by atoms with E-state index >= 15 is 0 Å². The van der Waals surface area contributed by atoms with Gasteiger partial charge in [-0.1, -0.05) is 18.2 Å². The minimum atomic E-state index is -0.381. The van der Waals surface area contributed by atoms with Crippen LogP contribution in [0.1, 0.15) is 15.9 Å². The van der Waals surface area contributed by atoms with Crippen LogP contribution in [0.25, 0.3) is 0 Å². The fourth-order valence-electron chi connectivity index (χ4n) is 2.18. The van der Waals surface area contributed by atoms with E-state index in [4.69, 9.17) is 9.47 Å². The number of aromatic nitrogens is 2. The molecule has 0 bridgehead atoms. The van der Waals surface area contributed by atoms with Gasteiger partial charge in [-0.2, -0.15) is 4.98 Å². The number of hydrogen-bond donors (Lipinski definition) is 2. The maximum Gasteiger partial charge on any atom is 0.269 e. The number of halogens is 1. The molecule has 138 valence electrons. The van der Waals surface area contributed by atoms with Gasteiger partial charge >= 0.3 is 0 Å². The number of rotatable bonds is 7. The number of hydrogen-bond acceptors (Lipinski definition) is 6. The van der Waals surface area contributed by atoms with Crippen molar-refractivity contribution >= 4 is 11.9 Å². The quantitative estimate of drug-likeness (QED) is 0.624. The molecule has 0 radical (unpaired) electrons. The number of nitrogens with zero attached hydrogens (tertiary/aromatic N) is 2. The van der Waals surface area contributed by atoms with Crippen molar-refractivity contribution in [2.75, 3.05) is 12.5 Å². The summed E-state index contributed by atoms with van der Waals surface area (Å²) in [7, 11) is 1.49. The molecule has 0 spiro atoms. The Bertz CT molecular complexity index is 919. The molecule has 0 aliphatic carbocycles. The second kappa shape index (κ2) is 8.61. The number of ether oxygens (including phenoxy) is 2. The topological polar surface area (TPSA) is 85.4 Å². The normalized spacial score (nSPS) is 10.1. The van der Waals surface area contributed by atoms with E-state index in [2.05, 4.69) is 20.8 Å². The molecule has 0 unspecified atom stereocenters. The van der Waals surface area contributed by atoms with Crippen LogP contribution < -0.4 is 20.3 Å². The van der Waals surface area contributed by atoms with E-state index < -0.39 is 0 Å². The number of benzene rings is 2. The Hall–Kier alpha value is -3.68. The first-order valence-corrected chi connectivity index (χ1v) is 8.05. The zero-order chi connectivity index (χ0) is 19.1. The minimum Gasteiger partial charge on any atom is -0.489 e. The van der Waals surface area contributed by atoms with E-state index in [0.29, 0.717) is 17.2 Å². The van der Waals surface area contributed by atoms with Gasteiger partial charge in [0, 0.05) is 17.8 Å². The smallest absolute Gasteiger partial charge is 0.269 e. The second-order valence-corrected chi connectivity index (χ2v) is 5.44. The van der Waals surface area contributed by atoms with E-state index in [1.165, 1.54) is 25.4 Å². The highest BCUT2D eigenvalue weighted by Crippen LogP contribution is 2.16. The Labute approximate surface area is 155 Å². The predicted octanol–water partition coefficient (Wildman–Crippen LogP) is 2.96. The van der Waals surface area contributed by atoms with Crippen molar-refractivity contribution in [3.63, 3.8) is 0 Å². The molecular weight excluding hydrogens is 351 g/mol. The number of nitrogens with one attached hydrogen (secondary N) is 2. The van der Waals surface area contributed by atoms with Gasteiger partial charge in [-0.15, -0.1) is 0 Å². The lowest BCUT2D eigenvalue weighted by atomic mass is 10.2. The monoisotopic (exact) mass is 368 g/mol. The van der Waals surface area contributed by atoms with Crippen molar-refractivity contribution < 1.29 is 18.7 Å². The number of carbonyl (C=O) groups is 1. The van der Waals surface area contributed by atoms with Gasteiger partial charge in [0.15, 0.2) is 0 Å². The standard InChI is InChI=1S/C19H17FN4O3/c1-26-17-9-10-21-19(22-17)24-23-18(25)14-3-2-4-16(11-14)27-12-13-5-7-15(20)8-6-13/h2-11H,12H2,1H3,(H,23,25)(H,21,22,24). The first kappa shape index (κ1) is 18.1. The van der Waals surface area contributed by atoms with Crippen LogP contribution in [-0.4, -0.2) is 23.0 Å². The number of hydrazine groups is 1. The lowest BCUT2D eigenvalue weighted by Gasteiger charge is -2.10. The summed E-state index contributed by atoms with van der Waals surface area (Å²) in [6.45, 7) is 0.265. The van der Waals surface area contributed by atoms with Gasteiger partial charge in [-0.25, -0.2) is 9.37 Å². The summed E-state index contributed by atoms with van der Waals surface area (Å²) in [5.41, 5.74) is 6.34. The summed E-state index contributed by atoms with van der Waals surface area (Å²) in [5.74, 6) is 0.410. The van der Waals surface area contributed by atoms with Gasteiger partial charge in [-0.05, 0) is 35.9 Å². The highest BCUT2D eigenvalue weighted by molar-refractivity contribution is 5.95. The van der Waals surface area contributed by atoms with Gasteiger partial charge < -0.3 is 9.47 Å². The number of anilines is 1. The molecule has 0 saturated heterocycles. The molecule has 3 rings (SSSR count). The van der Waals surface area contributed by atoms with E-state index in [9.17, 15) is 9.18 Å². The molecule has 0 aliphatic heterocycles. The van der Waals surface area contributed by atoms with Gasteiger partial charge in [0.25, 0.3) is 5.91 Å². The molecule has 1 aromatic heterocycles. The van der Waals surface area contributed by atoms with Crippen LogP contribution >= 0.6 is 0 Å². The van der Waals surface area contributed by atoms with Crippen molar-refractivity contribution in [2.45, 2.75) is 6.61 Å². The van der Waals surface area contributed by atoms with Crippen molar-refractivity contribution in [2.24, 2.45) is 0 Å². The van der Waals surface area contributed by atoms with Gasteiger partial charge in [-0.3, -0.25) is 15.6 Å². The maximum absolute atomic E-state index is 12.9. The number of amides is 1. The molecule has 0 aliphatic rings. The fourth-order valence-corrected chi connectivity index (χ4v) is 2.18. The molecule has 0 atom stereocenters. The van der Waals surface area contributed by atoms with E-state index in [1.807, 2.05) is 0 Å². The Balaban J connectivity index is 1.58. The molecule has 1 amide bonds. The molecule has 2 N–H and O–H groups in total. The van der Waals surface area contributed by atoms with Gasteiger partial charge in [0.05, 0.1) is 7.11 Å². The first-order valence-electron chi connectivity index (χ1n) is 8.05. The van der Waals surface area contributed by atoms with Crippen LogP contribution in [0.2, 0.25) is 0 Å². The van der Waals surface area contributed by atoms with Crippen molar-refractivity contribution in [3.05, 3.63) is 77.7 Å². The molecule has 7 nitrogen and oxygen atoms in total. The third-order valence-corrected chi connectivity index (χ3v) is 3.54. The molecule has 0 saturated carbocycles. The van der Waals surface area contributed by atoms with Crippen molar-refractivity contribution in [3.8, 4) is 11.6 Å². The number of methoxy groups -OCH3 is 1. The zero-order valence-corrected chi connectivity index (χ0v) is 14.5. The van der Waals surface area contributed by atoms with Crippen LogP contribution in [0.5, 0.6) is 11.6 Å². The molecule has 2 aromatic carbocycles. The maximum atomic E-state index is 12.9. The Morgan fingerprint density at radius 1 is 1.15 bits per heavy atom. The predicted molar refractivity (Wildman–Crippen MR) is 96.8 cm³/mol.